The van der Waals surface area contributed by atoms with E-state index in [4.69, 9.17) is 15.2 Å². The number of aromatic nitrogens is 3. The van der Waals surface area contributed by atoms with E-state index in [1.165, 1.54) is 6.20 Å². The smallest absolute Gasteiger partial charge is 0.212 e. The minimum atomic E-state index is -1.67. The quantitative estimate of drug-likeness (QED) is 0.490. The molecule has 12 heteroatoms. The van der Waals surface area contributed by atoms with E-state index < -0.39 is 60.2 Å². The van der Waals surface area contributed by atoms with E-state index in [9.17, 15) is 28.5 Å². The Kier molecular flexibility index (Phi) is 5.09. The third-order valence-corrected chi connectivity index (χ3v) is 5.35. The number of aliphatic hydroxyl groups excluding tert-OH is 3. The molecule has 0 amide bonds. The Labute approximate surface area is 162 Å². The van der Waals surface area contributed by atoms with E-state index >= 15 is 0 Å². The first kappa shape index (κ1) is 20.2. The summed E-state index contributed by atoms with van der Waals surface area (Å²) in [5, 5.41) is 38.7. The maximum Gasteiger partial charge on any atom is 0.212 e. The summed E-state index contributed by atoms with van der Waals surface area (Å²) in [5.74, 6) is -6.08. The molecule has 1 spiro atoms. The zero-order valence-electron chi connectivity index (χ0n) is 15.0. The standard InChI is InChI=1S/C17H19F3N4O5/c18-8-3-7(4-9(19)13(8)20)10-5-24(23-22-10)14-15(26)11(6-25)29-17(16(14)27)12(21)1-2-28-17/h3-5,11-12,14-16,25-27H,1-2,6,21H2/t11?,12-,14+,15+,16-,17+/m1/s1. The molecule has 1 unspecified atom stereocenters. The summed E-state index contributed by atoms with van der Waals surface area (Å²) >= 11 is 0. The van der Waals surface area contributed by atoms with Gasteiger partial charge in [0.1, 0.15) is 30.0 Å². The second-order valence-electron chi connectivity index (χ2n) is 7.07. The minimum Gasteiger partial charge on any atom is -0.394 e. The molecule has 2 saturated heterocycles. The maximum absolute atomic E-state index is 13.5. The molecule has 0 radical (unpaired) electrons. The van der Waals surface area contributed by atoms with Gasteiger partial charge in [0.2, 0.25) is 5.79 Å². The lowest BCUT2D eigenvalue weighted by molar-refractivity contribution is -0.343. The molecule has 2 aliphatic rings. The van der Waals surface area contributed by atoms with Gasteiger partial charge in [-0.25, -0.2) is 17.9 Å². The number of rotatable bonds is 3. The summed E-state index contributed by atoms with van der Waals surface area (Å²) in [6.07, 6.45) is -2.45. The van der Waals surface area contributed by atoms with Crippen LogP contribution >= 0.6 is 0 Å². The van der Waals surface area contributed by atoms with Crippen molar-refractivity contribution in [2.45, 2.75) is 42.6 Å². The molecule has 1 aromatic heterocycles. The first-order valence-corrected chi connectivity index (χ1v) is 8.89. The van der Waals surface area contributed by atoms with E-state index in [0.717, 1.165) is 16.8 Å². The summed E-state index contributed by atoms with van der Waals surface area (Å²) < 4.78 is 52.5. The van der Waals surface area contributed by atoms with Crippen molar-refractivity contribution in [3.05, 3.63) is 35.8 Å². The maximum atomic E-state index is 13.5. The zero-order valence-corrected chi connectivity index (χ0v) is 15.0. The van der Waals surface area contributed by atoms with E-state index in [0.29, 0.717) is 6.42 Å². The average Bonchev–Trinajstić information content (AvgIpc) is 3.31. The second-order valence-corrected chi connectivity index (χ2v) is 7.07. The predicted octanol–water partition coefficient (Wildman–Crippen LogP) is -0.540. The normalized spacial score (nSPS) is 34.8. The molecule has 2 aliphatic heterocycles. The van der Waals surface area contributed by atoms with E-state index in [-0.39, 0.29) is 17.9 Å². The lowest BCUT2D eigenvalue weighted by Gasteiger charge is -2.49. The van der Waals surface area contributed by atoms with Crippen LogP contribution in [0.25, 0.3) is 11.3 Å². The number of hydrogen-bond acceptors (Lipinski definition) is 8. The second kappa shape index (κ2) is 7.31. The van der Waals surface area contributed by atoms with Crippen molar-refractivity contribution in [2.24, 2.45) is 5.73 Å². The highest BCUT2D eigenvalue weighted by Gasteiger charge is 2.60. The highest BCUT2D eigenvalue weighted by Crippen LogP contribution is 2.42. The monoisotopic (exact) mass is 416 g/mol. The van der Waals surface area contributed by atoms with Crippen LogP contribution < -0.4 is 5.73 Å². The summed E-state index contributed by atoms with van der Waals surface area (Å²) in [7, 11) is 0. The van der Waals surface area contributed by atoms with Crippen LogP contribution in [0.4, 0.5) is 13.2 Å². The van der Waals surface area contributed by atoms with Gasteiger partial charge >= 0.3 is 0 Å². The third kappa shape index (κ3) is 3.12. The molecule has 2 fully saturated rings. The molecule has 9 nitrogen and oxygen atoms in total. The van der Waals surface area contributed by atoms with Crippen molar-refractivity contribution in [1.29, 1.82) is 0 Å². The van der Waals surface area contributed by atoms with Gasteiger partial charge in [0.15, 0.2) is 17.5 Å². The van der Waals surface area contributed by atoms with Crippen LogP contribution in [0.2, 0.25) is 0 Å². The Morgan fingerprint density at radius 3 is 2.52 bits per heavy atom. The summed E-state index contributed by atoms with van der Waals surface area (Å²) in [6.45, 7) is -0.381. The van der Waals surface area contributed by atoms with Gasteiger partial charge in [0.25, 0.3) is 0 Å². The molecule has 29 heavy (non-hydrogen) atoms. The molecular weight excluding hydrogens is 397 g/mol. The summed E-state index contributed by atoms with van der Waals surface area (Å²) in [6, 6.07) is -0.429. The van der Waals surface area contributed by atoms with Gasteiger partial charge in [-0.1, -0.05) is 5.21 Å². The zero-order chi connectivity index (χ0) is 20.9. The van der Waals surface area contributed by atoms with Gasteiger partial charge in [-0.2, -0.15) is 0 Å². The molecule has 0 bridgehead atoms. The third-order valence-electron chi connectivity index (χ3n) is 5.35. The molecule has 158 valence electrons. The number of aliphatic hydroxyl groups is 3. The molecule has 0 saturated carbocycles. The fourth-order valence-electron chi connectivity index (χ4n) is 3.81. The van der Waals surface area contributed by atoms with Crippen LogP contribution in [0.15, 0.2) is 18.3 Å². The fourth-order valence-corrected chi connectivity index (χ4v) is 3.81. The van der Waals surface area contributed by atoms with Gasteiger partial charge < -0.3 is 30.5 Å². The Balaban J connectivity index is 1.72. The Bertz CT molecular complexity index is 892. The SMILES string of the molecule is N[C@@H]1CCO[C@]12OC(CO)[C@H](O)[C@H](n1cc(-c3cc(F)c(F)c(F)c3)nn1)[C@H]2O. The molecule has 5 N–H and O–H groups in total. The van der Waals surface area contributed by atoms with Crippen molar-refractivity contribution < 1.29 is 38.0 Å². The number of halogens is 3. The Hall–Kier alpha value is -2.09. The van der Waals surface area contributed by atoms with Crippen molar-refractivity contribution in [1.82, 2.24) is 15.0 Å². The number of ether oxygens (including phenoxy) is 2. The van der Waals surface area contributed by atoms with Crippen molar-refractivity contribution in [3.63, 3.8) is 0 Å². The van der Waals surface area contributed by atoms with Crippen LogP contribution in [-0.2, 0) is 9.47 Å². The molecule has 3 heterocycles. The van der Waals surface area contributed by atoms with Crippen molar-refractivity contribution in [3.8, 4) is 11.3 Å². The molecule has 1 aromatic carbocycles. The predicted molar refractivity (Wildman–Crippen MR) is 89.6 cm³/mol. The Morgan fingerprint density at radius 2 is 1.93 bits per heavy atom. The van der Waals surface area contributed by atoms with Crippen LogP contribution in [0.1, 0.15) is 12.5 Å². The summed E-state index contributed by atoms with van der Waals surface area (Å²) in [5.41, 5.74) is 5.92. The number of nitrogens with two attached hydrogens (primary N) is 1. The average molecular weight is 416 g/mol. The first-order valence-electron chi connectivity index (χ1n) is 8.89. The minimum absolute atomic E-state index is 0.0278. The first-order chi connectivity index (χ1) is 13.8. The van der Waals surface area contributed by atoms with Crippen LogP contribution in [0.5, 0.6) is 0 Å². The highest BCUT2D eigenvalue weighted by atomic mass is 19.2. The van der Waals surface area contributed by atoms with Crippen LogP contribution in [0.3, 0.4) is 0 Å². The summed E-state index contributed by atoms with van der Waals surface area (Å²) in [4.78, 5) is 0. The van der Waals surface area contributed by atoms with Gasteiger partial charge in [-0.3, -0.25) is 0 Å². The van der Waals surface area contributed by atoms with Gasteiger partial charge in [0, 0.05) is 5.56 Å². The van der Waals surface area contributed by atoms with Gasteiger partial charge in [-0.05, 0) is 18.6 Å². The Morgan fingerprint density at radius 1 is 1.24 bits per heavy atom. The van der Waals surface area contributed by atoms with E-state index in [2.05, 4.69) is 10.3 Å². The molecular formula is C17H19F3N4O5. The molecule has 6 atom stereocenters. The lowest BCUT2D eigenvalue weighted by atomic mass is 9.87. The van der Waals surface area contributed by atoms with E-state index in [1.807, 2.05) is 0 Å². The van der Waals surface area contributed by atoms with Gasteiger partial charge in [-0.15, -0.1) is 5.10 Å². The number of benzene rings is 1. The lowest BCUT2D eigenvalue weighted by Crippen LogP contribution is -2.67. The molecule has 2 aromatic rings. The highest BCUT2D eigenvalue weighted by molar-refractivity contribution is 5.57. The largest absolute Gasteiger partial charge is 0.394 e. The van der Waals surface area contributed by atoms with Gasteiger partial charge in [0.05, 0.1) is 25.5 Å². The van der Waals surface area contributed by atoms with Crippen LogP contribution in [0, 0.1) is 17.5 Å². The van der Waals surface area contributed by atoms with Crippen molar-refractivity contribution >= 4 is 0 Å². The number of nitrogens with zero attached hydrogens (tertiary/aromatic N) is 3. The molecule has 4 rings (SSSR count). The fraction of sp³-hybridized carbons (Fsp3) is 0.529. The van der Waals surface area contributed by atoms with E-state index in [1.54, 1.807) is 0 Å². The van der Waals surface area contributed by atoms with Crippen molar-refractivity contribution in [2.75, 3.05) is 13.2 Å². The number of hydrogen-bond donors (Lipinski definition) is 4. The molecule has 0 aliphatic carbocycles. The topological polar surface area (TPSA) is 136 Å². The van der Waals surface area contributed by atoms with Crippen LogP contribution in [-0.4, -0.2) is 73.7 Å².